The van der Waals surface area contributed by atoms with Gasteiger partial charge in [-0.2, -0.15) is 0 Å². The number of amides is 1. The number of carbonyl (C=O) groups excluding carboxylic acids is 1. The number of rotatable bonds is 3. The summed E-state index contributed by atoms with van der Waals surface area (Å²) in [6.45, 7) is 5.72. The quantitative estimate of drug-likeness (QED) is 0.769. The van der Waals surface area contributed by atoms with E-state index in [0.717, 1.165) is 32.5 Å². The average molecular weight is 240 g/mol. The van der Waals surface area contributed by atoms with Crippen molar-refractivity contribution in [2.45, 2.75) is 19.8 Å². The fourth-order valence-electron chi connectivity index (χ4n) is 2.67. The third kappa shape index (κ3) is 2.97. The molecular formula is C12H20N2O3. The van der Waals surface area contributed by atoms with Crippen LogP contribution < -0.4 is 0 Å². The van der Waals surface area contributed by atoms with Gasteiger partial charge in [-0.15, -0.1) is 0 Å². The summed E-state index contributed by atoms with van der Waals surface area (Å²) in [5.41, 5.74) is 0. The minimum atomic E-state index is -0.673. The zero-order valence-corrected chi connectivity index (χ0v) is 10.3. The SMILES string of the molecule is CC(=O)N1CCC(CN2CC(C(=O)O)C2)CC1. The third-order valence-corrected chi connectivity index (χ3v) is 3.88. The van der Waals surface area contributed by atoms with Crippen LogP contribution in [0.4, 0.5) is 0 Å². The van der Waals surface area contributed by atoms with E-state index >= 15 is 0 Å². The van der Waals surface area contributed by atoms with Gasteiger partial charge >= 0.3 is 5.97 Å². The molecule has 0 radical (unpaired) electrons. The van der Waals surface area contributed by atoms with E-state index in [2.05, 4.69) is 4.90 Å². The summed E-state index contributed by atoms with van der Waals surface area (Å²) >= 11 is 0. The Morgan fingerprint density at radius 3 is 2.29 bits per heavy atom. The highest BCUT2D eigenvalue weighted by atomic mass is 16.4. The fourth-order valence-corrected chi connectivity index (χ4v) is 2.67. The Bertz CT molecular complexity index is 305. The molecule has 0 aromatic heterocycles. The maximum absolute atomic E-state index is 11.2. The Balaban J connectivity index is 1.66. The Hall–Kier alpha value is -1.10. The highest BCUT2D eigenvalue weighted by molar-refractivity contribution is 5.73. The molecule has 2 rings (SSSR count). The maximum Gasteiger partial charge on any atom is 0.309 e. The Morgan fingerprint density at radius 1 is 1.24 bits per heavy atom. The van der Waals surface area contributed by atoms with E-state index in [1.54, 1.807) is 6.92 Å². The monoisotopic (exact) mass is 240 g/mol. The lowest BCUT2D eigenvalue weighted by atomic mass is 9.92. The van der Waals surface area contributed by atoms with Crippen molar-refractivity contribution in [1.82, 2.24) is 9.80 Å². The molecule has 0 aliphatic carbocycles. The number of hydrogen-bond donors (Lipinski definition) is 1. The second-order valence-electron chi connectivity index (χ2n) is 5.20. The van der Waals surface area contributed by atoms with Gasteiger partial charge in [-0.25, -0.2) is 0 Å². The van der Waals surface area contributed by atoms with Crippen molar-refractivity contribution in [2.24, 2.45) is 11.8 Å². The van der Waals surface area contributed by atoms with E-state index in [0.29, 0.717) is 19.0 Å². The molecule has 1 N–H and O–H groups in total. The molecular weight excluding hydrogens is 220 g/mol. The summed E-state index contributed by atoms with van der Waals surface area (Å²) in [7, 11) is 0. The van der Waals surface area contributed by atoms with Gasteiger partial charge in [0.05, 0.1) is 5.92 Å². The van der Waals surface area contributed by atoms with Crippen LogP contribution in [0.15, 0.2) is 0 Å². The summed E-state index contributed by atoms with van der Waals surface area (Å²) in [6, 6.07) is 0. The minimum absolute atomic E-state index is 0.160. The molecule has 0 aromatic rings. The standard InChI is InChI=1S/C12H20N2O3/c1-9(15)14-4-2-10(3-5-14)6-13-7-11(8-13)12(16)17/h10-11H,2-8H2,1H3,(H,16,17). The zero-order chi connectivity index (χ0) is 12.4. The van der Waals surface area contributed by atoms with Gasteiger partial charge in [0.2, 0.25) is 5.91 Å². The normalized spacial score (nSPS) is 23.5. The van der Waals surface area contributed by atoms with Gasteiger partial charge in [0.15, 0.2) is 0 Å². The summed E-state index contributed by atoms with van der Waals surface area (Å²) < 4.78 is 0. The molecule has 17 heavy (non-hydrogen) atoms. The van der Waals surface area contributed by atoms with Crippen molar-refractivity contribution < 1.29 is 14.7 Å². The second kappa shape index (κ2) is 5.04. The number of likely N-dealkylation sites (tertiary alicyclic amines) is 2. The van der Waals surface area contributed by atoms with Gasteiger partial charge in [-0.3, -0.25) is 9.59 Å². The molecule has 2 heterocycles. The van der Waals surface area contributed by atoms with Crippen LogP contribution in [-0.4, -0.2) is 59.5 Å². The largest absolute Gasteiger partial charge is 0.481 e. The summed E-state index contributed by atoms with van der Waals surface area (Å²) in [5.74, 6) is -0.0429. The molecule has 5 nitrogen and oxygen atoms in total. The van der Waals surface area contributed by atoms with Crippen LogP contribution in [0.1, 0.15) is 19.8 Å². The molecule has 2 aliphatic rings. The van der Waals surface area contributed by atoms with Crippen molar-refractivity contribution in [1.29, 1.82) is 0 Å². The van der Waals surface area contributed by atoms with E-state index in [-0.39, 0.29) is 11.8 Å². The van der Waals surface area contributed by atoms with E-state index < -0.39 is 5.97 Å². The molecule has 0 aromatic carbocycles. The number of hydrogen-bond acceptors (Lipinski definition) is 3. The van der Waals surface area contributed by atoms with E-state index in [9.17, 15) is 9.59 Å². The number of carboxylic acid groups (broad SMARTS) is 1. The first-order valence-electron chi connectivity index (χ1n) is 6.27. The summed E-state index contributed by atoms with van der Waals surface area (Å²) in [4.78, 5) is 25.9. The van der Waals surface area contributed by atoms with Crippen LogP contribution in [0.5, 0.6) is 0 Å². The second-order valence-corrected chi connectivity index (χ2v) is 5.20. The van der Waals surface area contributed by atoms with E-state index in [4.69, 9.17) is 5.11 Å². The van der Waals surface area contributed by atoms with Crippen molar-refractivity contribution in [3.05, 3.63) is 0 Å². The molecule has 2 aliphatic heterocycles. The van der Waals surface area contributed by atoms with Gasteiger partial charge in [0.25, 0.3) is 0 Å². The summed E-state index contributed by atoms with van der Waals surface area (Å²) in [5, 5.41) is 8.78. The van der Waals surface area contributed by atoms with Crippen LogP contribution >= 0.6 is 0 Å². The lowest BCUT2D eigenvalue weighted by Crippen LogP contribution is -2.52. The smallest absolute Gasteiger partial charge is 0.309 e. The van der Waals surface area contributed by atoms with Gasteiger partial charge in [-0.1, -0.05) is 0 Å². The maximum atomic E-state index is 11.2. The molecule has 0 spiro atoms. The average Bonchev–Trinajstić information content (AvgIpc) is 2.23. The highest BCUT2D eigenvalue weighted by Crippen LogP contribution is 2.23. The first-order valence-corrected chi connectivity index (χ1v) is 6.27. The lowest BCUT2D eigenvalue weighted by Gasteiger charge is -2.41. The van der Waals surface area contributed by atoms with Gasteiger partial charge in [-0.05, 0) is 18.8 Å². The van der Waals surface area contributed by atoms with Gasteiger partial charge in [0, 0.05) is 39.6 Å². The first kappa shape index (κ1) is 12.4. The molecule has 96 valence electrons. The summed E-state index contributed by atoms with van der Waals surface area (Å²) in [6.07, 6.45) is 2.10. The topological polar surface area (TPSA) is 60.9 Å². The molecule has 0 bridgehead atoms. The highest BCUT2D eigenvalue weighted by Gasteiger charge is 2.34. The van der Waals surface area contributed by atoms with Gasteiger partial charge in [0.1, 0.15) is 0 Å². The van der Waals surface area contributed by atoms with Crippen molar-refractivity contribution in [3.63, 3.8) is 0 Å². The number of piperidine rings is 1. The van der Waals surface area contributed by atoms with Crippen LogP contribution in [0.3, 0.4) is 0 Å². The van der Waals surface area contributed by atoms with Gasteiger partial charge < -0.3 is 14.9 Å². The number of nitrogens with zero attached hydrogens (tertiary/aromatic N) is 2. The van der Waals surface area contributed by atoms with E-state index in [1.807, 2.05) is 4.90 Å². The number of carbonyl (C=O) groups is 2. The fraction of sp³-hybridized carbons (Fsp3) is 0.833. The number of carboxylic acids is 1. The molecule has 0 saturated carbocycles. The predicted octanol–water partition coefficient (Wildman–Crippen LogP) is 0.261. The predicted molar refractivity (Wildman–Crippen MR) is 62.5 cm³/mol. The molecule has 0 atom stereocenters. The van der Waals surface area contributed by atoms with E-state index in [1.165, 1.54) is 0 Å². The van der Waals surface area contributed by atoms with Crippen molar-refractivity contribution in [3.8, 4) is 0 Å². The van der Waals surface area contributed by atoms with Crippen LogP contribution in [-0.2, 0) is 9.59 Å². The van der Waals surface area contributed by atoms with Crippen molar-refractivity contribution >= 4 is 11.9 Å². The molecule has 1 amide bonds. The lowest BCUT2D eigenvalue weighted by molar-refractivity contribution is -0.148. The zero-order valence-electron chi connectivity index (χ0n) is 10.3. The number of aliphatic carboxylic acids is 1. The van der Waals surface area contributed by atoms with Crippen LogP contribution in [0, 0.1) is 11.8 Å². The first-order chi connectivity index (χ1) is 8.06. The Morgan fingerprint density at radius 2 is 1.82 bits per heavy atom. The third-order valence-electron chi connectivity index (χ3n) is 3.88. The van der Waals surface area contributed by atoms with Crippen LogP contribution in [0.25, 0.3) is 0 Å². The Kier molecular flexibility index (Phi) is 3.66. The Labute approximate surface area is 101 Å². The minimum Gasteiger partial charge on any atom is -0.481 e. The molecule has 5 heteroatoms. The van der Waals surface area contributed by atoms with Crippen LogP contribution in [0.2, 0.25) is 0 Å². The van der Waals surface area contributed by atoms with Crippen molar-refractivity contribution in [2.75, 3.05) is 32.7 Å². The molecule has 2 fully saturated rings. The molecule has 0 unspecified atom stereocenters. The molecule has 2 saturated heterocycles.